The van der Waals surface area contributed by atoms with Gasteiger partial charge in [0.2, 0.25) is 0 Å². The van der Waals surface area contributed by atoms with Gasteiger partial charge in [-0.3, -0.25) is 37.3 Å². The number of carbonyl (C=O) groups is 4. The molecule has 0 aliphatic carbocycles. The van der Waals surface area contributed by atoms with Crippen molar-refractivity contribution in [3.8, 4) is 0 Å². The molecule has 0 saturated carbocycles. The van der Waals surface area contributed by atoms with Crippen molar-refractivity contribution in [2.45, 2.75) is 362 Å². The first kappa shape index (κ1) is 86.1. The summed E-state index contributed by atoms with van der Waals surface area (Å²) >= 11 is 0. The minimum atomic E-state index is -4.95. The second-order valence-electron chi connectivity index (χ2n) is 26.3. The Morgan fingerprint density at radius 2 is 0.523 bits per heavy atom. The van der Waals surface area contributed by atoms with Crippen LogP contribution in [0.4, 0.5) is 0 Å². The van der Waals surface area contributed by atoms with E-state index < -0.39 is 97.5 Å². The average Bonchev–Trinajstić information content (AvgIpc) is 3.58. The Morgan fingerprint density at radius 3 is 0.773 bits per heavy atom. The minimum absolute atomic E-state index is 0.102. The normalized spacial score (nSPS) is 14.2. The van der Waals surface area contributed by atoms with E-state index in [2.05, 4.69) is 48.5 Å². The van der Waals surface area contributed by atoms with Gasteiger partial charge in [-0.05, 0) is 43.4 Å². The summed E-state index contributed by atoms with van der Waals surface area (Å²) in [5.41, 5.74) is 0. The number of aliphatic hydroxyl groups is 1. The van der Waals surface area contributed by atoms with Gasteiger partial charge in [0.05, 0.1) is 26.4 Å². The molecule has 0 heterocycles. The first-order valence-electron chi connectivity index (χ1n) is 35.8. The maximum atomic E-state index is 13.0. The SMILES string of the molecule is CCCCCCCCCCCCCCCCCCC(=O)O[C@H](COC(=O)CCCCCCCCCCCC(C)C)COP(=O)(O)OC[C@@H](O)COP(=O)(O)OC[C@@H](COC(=O)CCCCCCCCCC(C)C)OC(=O)CCCCCCCCCC(C)C. The lowest BCUT2D eigenvalue weighted by Crippen LogP contribution is -2.30. The largest absolute Gasteiger partial charge is 0.472 e. The molecule has 5 atom stereocenters. The summed E-state index contributed by atoms with van der Waals surface area (Å²) in [6.45, 7) is 11.7. The van der Waals surface area contributed by atoms with Gasteiger partial charge in [-0.25, -0.2) is 9.13 Å². The first-order chi connectivity index (χ1) is 42.2. The summed E-state index contributed by atoms with van der Waals surface area (Å²) in [7, 11) is -9.90. The van der Waals surface area contributed by atoms with Crippen LogP contribution in [0, 0.1) is 17.8 Å². The molecule has 0 fully saturated rings. The van der Waals surface area contributed by atoms with Crippen LogP contribution in [0.1, 0.15) is 344 Å². The van der Waals surface area contributed by atoms with Crippen molar-refractivity contribution in [1.82, 2.24) is 0 Å². The predicted octanol–water partition coefficient (Wildman–Crippen LogP) is 19.5. The first-order valence-corrected chi connectivity index (χ1v) is 38.8. The van der Waals surface area contributed by atoms with Crippen LogP contribution in [-0.2, 0) is 65.4 Å². The summed E-state index contributed by atoms with van der Waals surface area (Å²) < 4.78 is 68.2. The van der Waals surface area contributed by atoms with Crippen LogP contribution in [0.5, 0.6) is 0 Å². The van der Waals surface area contributed by atoms with Gasteiger partial charge in [-0.15, -0.1) is 0 Å². The fourth-order valence-corrected chi connectivity index (χ4v) is 11.9. The lowest BCUT2D eigenvalue weighted by atomic mass is 10.0. The molecule has 0 spiro atoms. The predicted molar refractivity (Wildman–Crippen MR) is 354 cm³/mol. The standard InChI is InChI=1S/C69H134O17P2/c1-8-9-10-11-12-13-14-15-16-17-18-19-22-30-38-45-52-68(73)85-64(56-79-66(71)50-43-36-29-23-20-21-26-33-40-47-60(2)3)58-83-87(75,76)81-54-63(70)55-82-88(77,78)84-59-65(86-69(74)53-46-39-32-25-28-35-42-49-62(6)7)57-80-67(72)51-44-37-31-24-27-34-41-48-61(4)5/h60-65,70H,8-59H2,1-7H3,(H,75,76)(H,77,78)/t63-,64-,65-/m1/s1. The van der Waals surface area contributed by atoms with Gasteiger partial charge < -0.3 is 33.8 Å². The van der Waals surface area contributed by atoms with Crippen molar-refractivity contribution in [3.63, 3.8) is 0 Å². The Hall–Kier alpha value is -1.94. The van der Waals surface area contributed by atoms with Gasteiger partial charge in [0, 0.05) is 25.7 Å². The van der Waals surface area contributed by atoms with Crippen LogP contribution in [0.2, 0.25) is 0 Å². The van der Waals surface area contributed by atoms with E-state index in [0.29, 0.717) is 37.5 Å². The van der Waals surface area contributed by atoms with Gasteiger partial charge in [0.25, 0.3) is 0 Å². The number of carbonyl (C=O) groups excluding carboxylic acids is 4. The number of unbranched alkanes of at least 4 members (excludes halogenated alkanes) is 35. The molecule has 88 heavy (non-hydrogen) atoms. The zero-order chi connectivity index (χ0) is 65.2. The molecule has 0 aliphatic rings. The number of aliphatic hydroxyl groups excluding tert-OH is 1. The molecule has 17 nitrogen and oxygen atoms in total. The molecule has 19 heteroatoms. The zero-order valence-electron chi connectivity index (χ0n) is 57.2. The highest BCUT2D eigenvalue weighted by Gasteiger charge is 2.30. The van der Waals surface area contributed by atoms with Crippen molar-refractivity contribution in [2.75, 3.05) is 39.6 Å². The van der Waals surface area contributed by atoms with Crippen LogP contribution in [0.3, 0.4) is 0 Å². The molecule has 0 amide bonds. The van der Waals surface area contributed by atoms with Crippen molar-refractivity contribution in [3.05, 3.63) is 0 Å². The fourth-order valence-electron chi connectivity index (χ4n) is 10.4. The van der Waals surface area contributed by atoms with E-state index in [1.54, 1.807) is 0 Å². The number of hydrogen-bond acceptors (Lipinski definition) is 15. The summed E-state index contributed by atoms with van der Waals surface area (Å²) in [4.78, 5) is 72.4. The van der Waals surface area contributed by atoms with Gasteiger partial charge in [-0.1, -0.05) is 292 Å². The third-order valence-corrected chi connectivity index (χ3v) is 17.8. The van der Waals surface area contributed by atoms with Crippen molar-refractivity contribution < 1.29 is 80.2 Å². The number of hydrogen-bond donors (Lipinski definition) is 3. The fraction of sp³-hybridized carbons (Fsp3) is 0.942. The molecule has 0 aromatic carbocycles. The molecular weight excluding hydrogens is 1160 g/mol. The Bertz CT molecular complexity index is 1730. The van der Waals surface area contributed by atoms with Crippen LogP contribution in [0.25, 0.3) is 0 Å². The lowest BCUT2D eigenvalue weighted by Gasteiger charge is -2.21. The monoisotopic (exact) mass is 1300 g/mol. The van der Waals surface area contributed by atoms with E-state index in [1.807, 2.05) is 0 Å². The maximum Gasteiger partial charge on any atom is 0.472 e. The highest BCUT2D eigenvalue weighted by atomic mass is 31.2. The maximum absolute atomic E-state index is 13.0. The molecule has 0 bridgehead atoms. The molecule has 3 N–H and O–H groups in total. The van der Waals surface area contributed by atoms with E-state index >= 15 is 0 Å². The summed E-state index contributed by atoms with van der Waals surface area (Å²) in [6, 6.07) is 0. The number of rotatable bonds is 67. The molecular formula is C69H134O17P2. The third kappa shape index (κ3) is 62.8. The van der Waals surface area contributed by atoms with Crippen molar-refractivity contribution in [2.24, 2.45) is 17.8 Å². The Balaban J connectivity index is 5.24. The molecule has 0 rings (SSSR count). The number of phosphoric ester groups is 2. The molecule has 522 valence electrons. The Morgan fingerprint density at radius 1 is 0.307 bits per heavy atom. The van der Waals surface area contributed by atoms with Crippen LogP contribution in [-0.4, -0.2) is 96.7 Å². The molecule has 0 aromatic rings. The molecule has 0 radical (unpaired) electrons. The summed E-state index contributed by atoms with van der Waals surface area (Å²) in [6.07, 6.45) is 43.3. The van der Waals surface area contributed by atoms with Crippen LogP contribution in [0.15, 0.2) is 0 Å². The topological polar surface area (TPSA) is 237 Å². The van der Waals surface area contributed by atoms with E-state index in [-0.39, 0.29) is 25.7 Å². The highest BCUT2D eigenvalue weighted by Crippen LogP contribution is 2.45. The van der Waals surface area contributed by atoms with E-state index in [1.165, 1.54) is 148 Å². The lowest BCUT2D eigenvalue weighted by molar-refractivity contribution is -0.161. The van der Waals surface area contributed by atoms with E-state index in [0.717, 1.165) is 102 Å². The molecule has 0 aliphatic heterocycles. The van der Waals surface area contributed by atoms with E-state index in [9.17, 15) is 43.2 Å². The Labute approximate surface area is 537 Å². The highest BCUT2D eigenvalue weighted by molar-refractivity contribution is 7.47. The number of ether oxygens (including phenoxy) is 4. The van der Waals surface area contributed by atoms with E-state index in [4.69, 9.17) is 37.0 Å². The minimum Gasteiger partial charge on any atom is -0.462 e. The molecule has 0 aromatic heterocycles. The average molecular weight is 1300 g/mol. The second-order valence-corrected chi connectivity index (χ2v) is 29.3. The molecule has 2 unspecified atom stereocenters. The van der Waals surface area contributed by atoms with Crippen molar-refractivity contribution >= 4 is 39.5 Å². The van der Waals surface area contributed by atoms with Crippen LogP contribution < -0.4 is 0 Å². The molecule has 0 saturated heterocycles. The van der Waals surface area contributed by atoms with Crippen molar-refractivity contribution in [1.29, 1.82) is 0 Å². The summed E-state index contributed by atoms with van der Waals surface area (Å²) in [5.74, 6) is 0.0141. The van der Waals surface area contributed by atoms with Gasteiger partial charge >= 0.3 is 39.5 Å². The van der Waals surface area contributed by atoms with Gasteiger partial charge in [-0.2, -0.15) is 0 Å². The van der Waals surface area contributed by atoms with Gasteiger partial charge in [0.15, 0.2) is 12.2 Å². The quantitative estimate of drug-likeness (QED) is 0.0222. The second kappa shape index (κ2) is 60.0. The third-order valence-electron chi connectivity index (χ3n) is 15.9. The number of phosphoric acid groups is 2. The summed E-state index contributed by atoms with van der Waals surface area (Å²) in [5, 5.41) is 10.6. The smallest absolute Gasteiger partial charge is 0.462 e. The van der Waals surface area contributed by atoms with Gasteiger partial charge in [0.1, 0.15) is 19.3 Å². The zero-order valence-corrected chi connectivity index (χ0v) is 59.0. The Kier molecular flexibility index (Phi) is 58.7. The number of esters is 4. The van der Waals surface area contributed by atoms with Crippen LogP contribution >= 0.6 is 15.6 Å².